The van der Waals surface area contributed by atoms with E-state index >= 15 is 0 Å². The minimum atomic E-state index is -3.76. The number of ether oxygens (including phenoxy) is 3. The van der Waals surface area contributed by atoms with Gasteiger partial charge in [-0.1, -0.05) is 6.92 Å². The van der Waals surface area contributed by atoms with Crippen LogP contribution >= 0.6 is 0 Å². The number of nitrogens with one attached hydrogen (secondary N) is 1. The Morgan fingerprint density at radius 3 is 2.41 bits per heavy atom. The first-order chi connectivity index (χ1) is 13.0. The first kappa shape index (κ1) is 20.6. The molecule has 0 amide bonds. The molecule has 0 saturated heterocycles. The van der Waals surface area contributed by atoms with Crippen molar-refractivity contribution in [1.82, 2.24) is 4.83 Å². The molecular formula is C19H24N2O5S. The van der Waals surface area contributed by atoms with Crippen LogP contribution in [0.3, 0.4) is 0 Å². The second-order valence-corrected chi connectivity index (χ2v) is 7.18. The summed E-state index contributed by atoms with van der Waals surface area (Å²) in [6.45, 7) is 4.94. The zero-order chi connectivity index (χ0) is 19.7. The maximum Gasteiger partial charge on any atom is 0.276 e. The molecule has 0 spiro atoms. The number of nitrogens with zero attached hydrogens (tertiary/aromatic N) is 1. The molecule has 146 valence electrons. The van der Waals surface area contributed by atoms with Gasteiger partial charge >= 0.3 is 0 Å². The highest BCUT2D eigenvalue weighted by molar-refractivity contribution is 7.89. The van der Waals surface area contributed by atoms with Gasteiger partial charge in [0.25, 0.3) is 10.0 Å². The number of methoxy groups -OCH3 is 1. The van der Waals surface area contributed by atoms with E-state index in [-0.39, 0.29) is 4.90 Å². The lowest BCUT2D eigenvalue weighted by molar-refractivity contribution is 0.294. The summed E-state index contributed by atoms with van der Waals surface area (Å²) in [5.74, 6) is 1.80. The largest absolute Gasteiger partial charge is 0.494 e. The fraction of sp³-hybridized carbons (Fsp3) is 0.316. The van der Waals surface area contributed by atoms with E-state index in [9.17, 15) is 8.42 Å². The molecule has 2 aromatic carbocycles. The van der Waals surface area contributed by atoms with Crippen molar-refractivity contribution in [1.29, 1.82) is 0 Å². The van der Waals surface area contributed by atoms with Crippen molar-refractivity contribution in [2.24, 2.45) is 5.10 Å². The fourth-order valence-corrected chi connectivity index (χ4v) is 2.99. The molecule has 1 N–H and O–H groups in total. The Kier molecular flexibility index (Phi) is 7.48. The molecule has 0 radical (unpaired) electrons. The number of rotatable bonds is 10. The van der Waals surface area contributed by atoms with Crippen LogP contribution in [-0.4, -0.2) is 35.0 Å². The second kappa shape index (κ2) is 9.82. The van der Waals surface area contributed by atoms with Crippen molar-refractivity contribution in [2.45, 2.75) is 25.2 Å². The van der Waals surface area contributed by atoms with Crippen LogP contribution in [0.4, 0.5) is 0 Å². The molecule has 0 fully saturated rings. The summed E-state index contributed by atoms with van der Waals surface area (Å²) in [6, 6.07) is 11.4. The summed E-state index contributed by atoms with van der Waals surface area (Å²) >= 11 is 0. The number of hydrazone groups is 1. The van der Waals surface area contributed by atoms with Crippen molar-refractivity contribution in [3.8, 4) is 17.2 Å². The topological polar surface area (TPSA) is 86.2 Å². The predicted octanol–water partition coefficient (Wildman–Crippen LogP) is 3.20. The minimum absolute atomic E-state index is 0.102. The molecule has 2 aromatic rings. The Bertz CT molecular complexity index is 864. The van der Waals surface area contributed by atoms with Gasteiger partial charge in [-0.2, -0.15) is 13.5 Å². The van der Waals surface area contributed by atoms with E-state index in [0.29, 0.717) is 36.0 Å². The van der Waals surface area contributed by atoms with Gasteiger partial charge in [0.1, 0.15) is 5.75 Å². The Morgan fingerprint density at radius 2 is 1.78 bits per heavy atom. The monoisotopic (exact) mass is 392 g/mol. The van der Waals surface area contributed by atoms with Crippen LogP contribution in [-0.2, 0) is 10.0 Å². The summed E-state index contributed by atoms with van der Waals surface area (Å²) in [7, 11) is -2.20. The first-order valence-corrected chi connectivity index (χ1v) is 10.1. The van der Waals surface area contributed by atoms with Crippen molar-refractivity contribution in [2.75, 3.05) is 20.3 Å². The molecule has 27 heavy (non-hydrogen) atoms. The minimum Gasteiger partial charge on any atom is -0.494 e. The Morgan fingerprint density at radius 1 is 1.04 bits per heavy atom. The lowest BCUT2D eigenvalue weighted by Gasteiger charge is -2.10. The van der Waals surface area contributed by atoms with E-state index in [1.54, 1.807) is 37.4 Å². The highest BCUT2D eigenvalue weighted by atomic mass is 32.2. The quantitative estimate of drug-likeness (QED) is 0.496. The van der Waals surface area contributed by atoms with Crippen LogP contribution in [0, 0.1) is 0 Å². The van der Waals surface area contributed by atoms with E-state index in [4.69, 9.17) is 14.2 Å². The van der Waals surface area contributed by atoms with E-state index in [1.165, 1.54) is 18.3 Å². The molecule has 2 rings (SSSR count). The van der Waals surface area contributed by atoms with Crippen LogP contribution in [0.2, 0.25) is 0 Å². The lowest BCUT2D eigenvalue weighted by Crippen LogP contribution is -2.18. The summed E-state index contributed by atoms with van der Waals surface area (Å²) < 4.78 is 40.8. The highest BCUT2D eigenvalue weighted by Crippen LogP contribution is 2.27. The van der Waals surface area contributed by atoms with E-state index < -0.39 is 10.0 Å². The molecule has 0 aromatic heterocycles. The van der Waals surface area contributed by atoms with Crippen molar-refractivity contribution in [3.05, 3.63) is 48.0 Å². The van der Waals surface area contributed by atoms with Crippen LogP contribution < -0.4 is 19.0 Å². The SMILES string of the molecule is CCCOc1cc(/C=N/NS(=O)(=O)c2ccc(OCC)cc2)ccc1OC. The average Bonchev–Trinajstić information content (AvgIpc) is 2.67. The Hall–Kier alpha value is -2.74. The van der Waals surface area contributed by atoms with Crippen molar-refractivity contribution < 1.29 is 22.6 Å². The van der Waals surface area contributed by atoms with Crippen molar-refractivity contribution >= 4 is 16.2 Å². The molecule has 0 bridgehead atoms. The molecule has 0 aliphatic carbocycles. The summed E-state index contributed by atoms with van der Waals surface area (Å²) in [6.07, 6.45) is 2.27. The third-order valence-corrected chi connectivity index (χ3v) is 4.72. The molecule has 0 atom stereocenters. The van der Waals surface area contributed by atoms with Gasteiger partial charge < -0.3 is 14.2 Å². The maximum absolute atomic E-state index is 12.3. The Labute approximate surface area is 160 Å². The fourth-order valence-electron chi connectivity index (χ4n) is 2.20. The number of hydrogen-bond acceptors (Lipinski definition) is 6. The average molecular weight is 392 g/mol. The number of benzene rings is 2. The van der Waals surface area contributed by atoms with Crippen LogP contribution in [0.25, 0.3) is 0 Å². The molecule has 0 aliphatic heterocycles. The van der Waals surface area contributed by atoms with Gasteiger partial charge in [0.15, 0.2) is 11.5 Å². The van der Waals surface area contributed by atoms with Crippen molar-refractivity contribution in [3.63, 3.8) is 0 Å². The summed E-state index contributed by atoms with van der Waals surface area (Å²) in [4.78, 5) is 2.30. The second-order valence-electron chi connectivity index (χ2n) is 5.52. The summed E-state index contributed by atoms with van der Waals surface area (Å²) in [5.41, 5.74) is 0.677. The van der Waals surface area contributed by atoms with Crippen LogP contribution in [0.1, 0.15) is 25.8 Å². The third-order valence-electron chi connectivity index (χ3n) is 3.48. The molecular weight excluding hydrogens is 368 g/mol. The zero-order valence-corrected chi connectivity index (χ0v) is 16.5. The van der Waals surface area contributed by atoms with Gasteiger partial charge in [-0.3, -0.25) is 0 Å². The Balaban J connectivity index is 2.09. The molecule has 0 unspecified atom stereocenters. The first-order valence-electron chi connectivity index (χ1n) is 8.58. The van der Waals surface area contributed by atoms with Gasteiger partial charge in [0, 0.05) is 0 Å². The van der Waals surface area contributed by atoms with E-state index in [0.717, 1.165) is 6.42 Å². The van der Waals surface area contributed by atoms with E-state index in [2.05, 4.69) is 9.93 Å². The summed E-state index contributed by atoms with van der Waals surface area (Å²) in [5, 5.41) is 3.83. The van der Waals surface area contributed by atoms with Crippen LogP contribution in [0.15, 0.2) is 52.5 Å². The lowest BCUT2D eigenvalue weighted by atomic mass is 10.2. The standard InChI is InChI=1S/C19H24N2O5S/c1-4-12-26-19-13-15(6-11-18(19)24-3)14-20-21-27(22,23)17-9-7-16(8-10-17)25-5-2/h6-11,13-14,21H,4-5,12H2,1-3H3/b20-14+. The van der Waals surface area contributed by atoms with Gasteiger partial charge in [-0.25, -0.2) is 4.83 Å². The molecule has 7 nitrogen and oxygen atoms in total. The smallest absolute Gasteiger partial charge is 0.276 e. The molecule has 8 heteroatoms. The van der Waals surface area contributed by atoms with Gasteiger partial charge in [0.2, 0.25) is 0 Å². The van der Waals surface area contributed by atoms with Gasteiger partial charge in [-0.15, -0.1) is 0 Å². The van der Waals surface area contributed by atoms with Gasteiger partial charge in [0.05, 0.1) is 31.4 Å². The highest BCUT2D eigenvalue weighted by Gasteiger charge is 2.12. The van der Waals surface area contributed by atoms with Gasteiger partial charge in [-0.05, 0) is 61.4 Å². The normalized spacial score (nSPS) is 11.4. The third kappa shape index (κ3) is 5.89. The molecule has 0 aliphatic rings. The number of hydrogen-bond donors (Lipinski definition) is 1. The maximum atomic E-state index is 12.3. The van der Waals surface area contributed by atoms with Crippen LogP contribution in [0.5, 0.6) is 17.2 Å². The molecule has 0 heterocycles. The predicted molar refractivity (Wildman–Crippen MR) is 104 cm³/mol. The number of sulfonamides is 1. The van der Waals surface area contributed by atoms with E-state index in [1.807, 2.05) is 13.8 Å². The molecule has 0 saturated carbocycles. The zero-order valence-electron chi connectivity index (χ0n) is 15.6.